The van der Waals surface area contributed by atoms with Gasteiger partial charge in [-0.05, 0) is 66.6 Å². The van der Waals surface area contributed by atoms with Gasteiger partial charge in [-0.2, -0.15) is 0 Å². The third-order valence-corrected chi connectivity index (χ3v) is 9.70. The molecular formula is C40H53N3O6. The summed E-state index contributed by atoms with van der Waals surface area (Å²) >= 11 is 0. The van der Waals surface area contributed by atoms with Crippen LogP contribution in [-0.2, 0) is 32.2 Å². The maximum Gasteiger partial charge on any atom is 0.243 e. The minimum atomic E-state index is -0.494. The molecule has 2 aliphatic rings. The third-order valence-electron chi connectivity index (χ3n) is 9.70. The highest BCUT2D eigenvalue weighted by atomic mass is 16.7. The molecule has 2 fully saturated rings. The number of aliphatic hydroxyl groups is 1. The lowest BCUT2D eigenvalue weighted by molar-refractivity contribution is -0.253. The molecule has 2 saturated heterocycles. The number of likely N-dealkylation sites (tertiary alicyclic amines) is 1. The van der Waals surface area contributed by atoms with Gasteiger partial charge >= 0.3 is 0 Å². The minimum absolute atomic E-state index is 0.00990. The van der Waals surface area contributed by atoms with Crippen molar-refractivity contribution in [2.45, 2.75) is 109 Å². The van der Waals surface area contributed by atoms with E-state index in [4.69, 9.17) is 14.7 Å². The molecule has 0 aromatic heterocycles. The number of hydrogen-bond acceptors (Lipinski definition) is 7. The van der Waals surface area contributed by atoms with Crippen molar-refractivity contribution in [3.63, 3.8) is 0 Å². The summed E-state index contributed by atoms with van der Waals surface area (Å²) < 4.78 is 13.3. The van der Waals surface area contributed by atoms with Gasteiger partial charge in [-0.25, -0.2) is 5.48 Å². The Morgan fingerprint density at radius 3 is 2.10 bits per heavy atom. The normalized spacial score (nSPS) is 20.2. The number of nitrogens with one attached hydrogen (secondary N) is 2. The predicted molar refractivity (Wildman–Crippen MR) is 189 cm³/mol. The Labute approximate surface area is 291 Å². The fraction of sp³-hybridized carbons (Fsp3) is 0.500. The van der Waals surface area contributed by atoms with Gasteiger partial charge in [0.05, 0.1) is 18.8 Å². The van der Waals surface area contributed by atoms with Crippen molar-refractivity contribution in [3.05, 3.63) is 95.1 Å². The van der Waals surface area contributed by atoms with Gasteiger partial charge in [-0.15, -0.1) is 0 Å². The standard InChI is InChI=1S/C40H53N3O6/c44-29-30-16-18-32(19-17-30)37-26-35(28-43-24-10-4-1-5-11-25-43)48-40(49-37)33-22-20-31(21-23-33)36-13-9-8-12-34(36)27-41-38(45)14-6-2-3-7-15-39(46)42-47/h8-9,12-13,16-23,35,37,40,44,47H,1-7,10-11,14-15,24-29H2,(H,41,45)(H,42,46). The van der Waals surface area contributed by atoms with Crippen LogP contribution >= 0.6 is 0 Å². The summed E-state index contributed by atoms with van der Waals surface area (Å²) in [5.74, 6) is -0.366. The molecule has 0 spiro atoms. The summed E-state index contributed by atoms with van der Waals surface area (Å²) in [6.45, 7) is 3.59. The molecule has 49 heavy (non-hydrogen) atoms. The van der Waals surface area contributed by atoms with Crippen LogP contribution in [0, 0.1) is 0 Å². The summed E-state index contributed by atoms with van der Waals surface area (Å²) in [6, 6.07) is 24.6. The highest BCUT2D eigenvalue weighted by Crippen LogP contribution is 2.39. The highest BCUT2D eigenvalue weighted by Gasteiger charge is 2.33. The Balaban J connectivity index is 1.21. The van der Waals surface area contributed by atoms with E-state index in [9.17, 15) is 14.7 Å². The second-order valence-electron chi connectivity index (χ2n) is 13.4. The number of carbonyl (C=O) groups is 2. The largest absolute Gasteiger partial charge is 0.392 e. The second kappa shape index (κ2) is 19.6. The van der Waals surface area contributed by atoms with Crippen LogP contribution in [0.2, 0.25) is 0 Å². The van der Waals surface area contributed by atoms with Crippen molar-refractivity contribution in [1.82, 2.24) is 15.7 Å². The Bertz CT molecular complexity index is 1440. The molecule has 2 amide bonds. The predicted octanol–water partition coefficient (Wildman–Crippen LogP) is 7.12. The number of rotatable bonds is 15. The van der Waals surface area contributed by atoms with Crippen LogP contribution in [0.25, 0.3) is 11.1 Å². The van der Waals surface area contributed by atoms with E-state index in [1.807, 2.05) is 30.3 Å². The Kier molecular flexibility index (Phi) is 14.6. The molecule has 9 heteroatoms. The number of aliphatic hydroxyl groups excluding tert-OH is 1. The van der Waals surface area contributed by atoms with Crippen molar-refractivity contribution < 1.29 is 29.4 Å². The van der Waals surface area contributed by atoms with Crippen LogP contribution in [-0.4, -0.2) is 52.8 Å². The Morgan fingerprint density at radius 1 is 0.755 bits per heavy atom. The molecule has 0 bridgehead atoms. The smallest absolute Gasteiger partial charge is 0.243 e. The van der Waals surface area contributed by atoms with Crippen molar-refractivity contribution >= 4 is 11.8 Å². The second-order valence-corrected chi connectivity index (χ2v) is 13.4. The number of ether oxygens (including phenoxy) is 2. The van der Waals surface area contributed by atoms with Crippen LogP contribution in [0.1, 0.15) is 112 Å². The Hall–Kier alpha value is -3.60. The van der Waals surface area contributed by atoms with E-state index in [0.29, 0.717) is 25.8 Å². The maximum absolute atomic E-state index is 12.6. The molecule has 0 aliphatic carbocycles. The fourth-order valence-corrected chi connectivity index (χ4v) is 6.86. The average molecular weight is 672 g/mol. The first-order valence-corrected chi connectivity index (χ1v) is 18.1. The fourth-order valence-electron chi connectivity index (χ4n) is 6.86. The van der Waals surface area contributed by atoms with E-state index in [0.717, 1.165) is 78.7 Å². The topological polar surface area (TPSA) is 120 Å². The molecule has 3 aromatic rings. The number of carbonyl (C=O) groups excluding carboxylic acids is 2. The summed E-state index contributed by atoms with van der Waals surface area (Å²) in [5.41, 5.74) is 7.78. The van der Waals surface area contributed by atoms with Gasteiger partial charge in [-0.1, -0.05) is 105 Å². The van der Waals surface area contributed by atoms with Gasteiger partial charge in [0.2, 0.25) is 11.8 Å². The van der Waals surface area contributed by atoms with Crippen molar-refractivity contribution in [3.8, 4) is 11.1 Å². The molecule has 0 radical (unpaired) electrons. The summed E-state index contributed by atoms with van der Waals surface area (Å²) in [5, 5.41) is 21.2. The number of unbranched alkanes of at least 4 members (excludes halogenated alkanes) is 3. The summed E-state index contributed by atoms with van der Waals surface area (Å²) in [7, 11) is 0. The number of amides is 2. The van der Waals surface area contributed by atoms with Gasteiger partial charge in [0.1, 0.15) is 0 Å². The summed E-state index contributed by atoms with van der Waals surface area (Å²) in [6.07, 6.45) is 10.5. The van der Waals surface area contributed by atoms with E-state index >= 15 is 0 Å². The lowest BCUT2D eigenvalue weighted by Gasteiger charge is -2.39. The van der Waals surface area contributed by atoms with E-state index in [2.05, 4.69) is 52.7 Å². The number of hydroxylamine groups is 1. The lowest BCUT2D eigenvalue weighted by atomic mass is 9.97. The quantitative estimate of drug-likeness (QED) is 0.0772. The van der Waals surface area contributed by atoms with Crippen LogP contribution in [0.4, 0.5) is 0 Å². The minimum Gasteiger partial charge on any atom is -0.392 e. The molecule has 3 unspecified atom stereocenters. The number of nitrogens with zero attached hydrogens (tertiary/aromatic N) is 1. The highest BCUT2D eigenvalue weighted by molar-refractivity contribution is 5.76. The van der Waals surface area contributed by atoms with Gasteiger partial charge < -0.3 is 24.8 Å². The molecule has 3 atom stereocenters. The average Bonchev–Trinajstić information content (AvgIpc) is 3.13. The molecule has 2 aliphatic heterocycles. The SMILES string of the molecule is O=C(CCCCCCC(=O)NCc1ccccc1-c1ccc(C2OC(CN3CCCCCCC3)CC(c3ccc(CO)cc3)O2)cc1)NO. The Morgan fingerprint density at radius 2 is 1.41 bits per heavy atom. The third kappa shape index (κ3) is 11.5. The van der Waals surface area contributed by atoms with Crippen molar-refractivity contribution in [1.29, 1.82) is 0 Å². The zero-order valence-corrected chi connectivity index (χ0v) is 28.7. The van der Waals surface area contributed by atoms with Gasteiger partial charge in [0.25, 0.3) is 0 Å². The first kappa shape index (κ1) is 36.7. The zero-order valence-electron chi connectivity index (χ0n) is 28.7. The van der Waals surface area contributed by atoms with Crippen LogP contribution in [0.5, 0.6) is 0 Å². The van der Waals surface area contributed by atoms with E-state index < -0.39 is 6.29 Å². The molecule has 9 nitrogen and oxygen atoms in total. The van der Waals surface area contributed by atoms with Crippen molar-refractivity contribution in [2.24, 2.45) is 0 Å². The first-order chi connectivity index (χ1) is 24.0. The molecule has 4 N–H and O–H groups in total. The molecule has 5 rings (SSSR count). The van der Waals surface area contributed by atoms with E-state index in [1.54, 1.807) is 5.48 Å². The summed E-state index contributed by atoms with van der Waals surface area (Å²) in [4.78, 5) is 26.3. The van der Waals surface area contributed by atoms with Crippen LogP contribution < -0.4 is 10.8 Å². The van der Waals surface area contributed by atoms with Gasteiger partial charge in [0.15, 0.2) is 6.29 Å². The van der Waals surface area contributed by atoms with Gasteiger partial charge in [0, 0.05) is 37.9 Å². The number of benzene rings is 3. The molecule has 3 aromatic carbocycles. The molecule has 0 saturated carbocycles. The van der Waals surface area contributed by atoms with Gasteiger partial charge in [-0.3, -0.25) is 14.8 Å². The molecule has 2 heterocycles. The lowest BCUT2D eigenvalue weighted by Crippen LogP contribution is -2.40. The maximum atomic E-state index is 12.6. The van der Waals surface area contributed by atoms with Crippen LogP contribution in [0.15, 0.2) is 72.8 Å². The molecule has 264 valence electrons. The van der Waals surface area contributed by atoms with Crippen molar-refractivity contribution in [2.75, 3.05) is 19.6 Å². The van der Waals surface area contributed by atoms with Crippen LogP contribution in [0.3, 0.4) is 0 Å². The van der Waals surface area contributed by atoms with E-state index in [-0.39, 0.29) is 30.6 Å². The molecular weight excluding hydrogens is 618 g/mol. The first-order valence-electron chi connectivity index (χ1n) is 18.1. The number of hydrogen-bond donors (Lipinski definition) is 4. The zero-order chi connectivity index (χ0) is 34.3. The van der Waals surface area contributed by atoms with E-state index in [1.165, 1.54) is 32.1 Å². The monoisotopic (exact) mass is 671 g/mol.